The van der Waals surface area contributed by atoms with E-state index < -0.39 is 4.92 Å². The van der Waals surface area contributed by atoms with Crippen molar-refractivity contribution in [1.29, 1.82) is 0 Å². The highest BCUT2D eigenvalue weighted by Gasteiger charge is 2.18. The third kappa shape index (κ3) is 1.59. The monoisotopic (exact) mass is 203 g/mol. The fourth-order valence-corrected chi connectivity index (χ4v) is 1.51. The van der Waals surface area contributed by atoms with Gasteiger partial charge >= 0.3 is 0 Å². The Morgan fingerprint density at radius 1 is 1.47 bits per heavy atom. The van der Waals surface area contributed by atoms with Gasteiger partial charge in [0.2, 0.25) is 0 Å². The van der Waals surface area contributed by atoms with Crippen LogP contribution in [0.4, 0.5) is 5.69 Å². The van der Waals surface area contributed by atoms with Crippen LogP contribution in [0.3, 0.4) is 0 Å². The van der Waals surface area contributed by atoms with Gasteiger partial charge in [-0.1, -0.05) is 12.1 Å². The molecule has 0 bridgehead atoms. The molecule has 0 atom stereocenters. The number of aromatic amines is 1. The van der Waals surface area contributed by atoms with Gasteiger partial charge in [-0.2, -0.15) is 0 Å². The second-order valence-electron chi connectivity index (χ2n) is 3.16. The van der Waals surface area contributed by atoms with Crippen LogP contribution in [-0.4, -0.2) is 14.9 Å². The molecule has 0 aliphatic carbocycles. The number of rotatable bonds is 2. The molecule has 76 valence electrons. The first-order valence-electron chi connectivity index (χ1n) is 4.44. The first-order chi connectivity index (χ1) is 7.20. The summed E-state index contributed by atoms with van der Waals surface area (Å²) in [5, 5.41) is 10.8. The summed E-state index contributed by atoms with van der Waals surface area (Å²) in [5.74, 6) is 0.528. The first kappa shape index (κ1) is 9.39. The topological polar surface area (TPSA) is 71.8 Å². The zero-order chi connectivity index (χ0) is 10.8. The second-order valence-corrected chi connectivity index (χ2v) is 3.16. The van der Waals surface area contributed by atoms with E-state index in [0.717, 1.165) is 5.56 Å². The molecule has 0 radical (unpaired) electrons. The number of hydrogen-bond acceptors (Lipinski definition) is 3. The largest absolute Gasteiger partial charge is 0.344 e. The molecule has 0 saturated heterocycles. The Kier molecular flexibility index (Phi) is 2.21. The minimum Gasteiger partial charge on any atom is -0.344 e. The van der Waals surface area contributed by atoms with Crippen LogP contribution >= 0.6 is 0 Å². The fraction of sp³-hybridized carbons (Fsp3) is 0.100. The Balaban J connectivity index is 2.68. The molecule has 0 amide bonds. The molecule has 15 heavy (non-hydrogen) atoms. The zero-order valence-corrected chi connectivity index (χ0v) is 8.10. The van der Waals surface area contributed by atoms with E-state index >= 15 is 0 Å². The first-order valence-corrected chi connectivity index (χ1v) is 4.44. The molecule has 0 aliphatic heterocycles. The number of nitro groups is 1. The van der Waals surface area contributed by atoms with Gasteiger partial charge in [0, 0.05) is 18.5 Å². The number of nitro benzene ring substituents is 1. The Bertz CT molecular complexity index is 491. The van der Waals surface area contributed by atoms with Gasteiger partial charge in [0.25, 0.3) is 5.69 Å². The lowest BCUT2D eigenvalue weighted by Gasteiger charge is -2.02. The van der Waals surface area contributed by atoms with Gasteiger partial charge < -0.3 is 4.98 Å². The molecule has 5 heteroatoms. The number of imidazole rings is 1. The molecule has 0 aliphatic rings. The maximum Gasteiger partial charge on any atom is 0.280 e. The number of nitrogens with one attached hydrogen (secondary N) is 1. The Morgan fingerprint density at radius 2 is 2.27 bits per heavy atom. The summed E-state index contributed by atoms with van der Waals surface area (Å²) >= 11 is 0. The van der Waals surface area contributed by atoms with E-state index in [1.807, 2.05) is 13.0 Å². The Hall–Kier alpha value is -2.17. The molecule has 0 spiro atoms. The number of aromatic nitrogens is 2. The van der Waals surface area contributed by atoms with E-state index in [2.05, 4.69) is 9.97 Å². The van der Waals surface area contributed by atoms with Crippen molar-refractivity contribution in [2.75, 3.05) is 0 Å². The number of nitrogens with zero attached hydrogens (tertiary/aromatic N) is 2. The third-order valence-corrected chi connectivity index (χ3v) is 2.18. The van der Waals surface area contributed by atoms with Crippen LogP contribution in [0.5, 0.6) is 0 Å². The normalized spacial score (nSPS) is 10.2. The van der Waals surface area contributed by atoms with E-state index in [1.165, 1.54) is 6.07 Å². The summed E-state index contributed by atoms with van der Waals surface area (Å²) in [6, 6.07) is 4.97. The molecule has 1 heterocycles. The number of hydrogen-bond donors (Lipinski definition) is 1. The summed E-state index contributed by atoms with van der Waals surface area (Å²) in [6.07, 6.45) is 3.22. The van der Waals surface area contributed by atoms with Gasteiger partial charge in [-0.15, -0.1) is 0 Å². The lowest BCUT2D eigenvalue weighted by Crippen LogP contribution is -1.95. The van der Waals surface area contributed by atoms with E-state index in [9.17, 15) is 10.1 Å². The molecule has 1 aromatic heterocycles. The van der Waals surface area contributed by atoms with Crippen LogP contribution in [0, 0.1) is 17.0 Å². The van der Waals surface area contributed by atoms with Crippen LogP contribution in [0.25, 0.3) is 11.4 Å². The van der Waals surface area contributed by atoms with Crippen molar-refractivity contribution in [2.45, 2.75) is 6.92 Å². The Morgan fingerprint density at radius 3 is 2.87 bits per heavy atom. The quantitative estimate of drug-likeness (QED) is 0.601. The van der Waals surface area contributed by atoms with E-state index in [4.69, 9.17) is 0 Å². The van der Waals surface area contributed by atoms with E-state index in [-0.39, 0.29) is 5.69 Å². The summed E-state index contributed by atoms with van der Waals surface area (Å²) in [4.78, 5) is 17.3. The standard InChI is InChI=1S/C10H9N3O2/c1-7-3-2-4-8(13(14)15)9(7)10-11-5-6-12-10/h2-6H,1H3,(H,11,12). The van der Waals surface area contributed by atoms with Crippen molar-refractivity contribution in [3.8, 4) is 11.4 Å². The molecular weight excluding hydrogens is 194 g/mol. The van der Waals surface area contributed by atoms with Gasteiger partial charge in [-0.25, -0.2) is 4.98 Å². The molecule has 1 aromatic carbocycles. The fourth-order valence-electron chi connectivity index (χ4n) is 1.51. The maximum atomic E-state index is 10.8. The van der Waals surface area contributed by atoms with Crippen LogP contribution in [0.15, 0.2) is 30.6 Å². The van der Waals surface area contributed by atoms with Crippen LogP contribution in [-0.2, 0) is 0 Å². The lowest BCUT2D eigenvalue weighted by molar-refractivity contribution is -0.384. The highest BCUT2D eigenvalue weighted by molar-refractivity contribution is 5.71. The predicted octanol–water partition coefficient (Wildman–Crippen LogP) is 2.29. The maximum absolute atomic E-state index is 10.8. The molecule has 1 N–H and O–H groups in total. The van der Waals surface area contributed by atoms with Crippen LogP contribution in [0.2, 0.25) is 0 Å². The molecule has 0 saturated carbocycles. The number of benzene rings is 1. The molecule has 2 aromatic rings. The Labute approximate surface area is 85.9 Å². The summed E-state index contributed by atoms with van der Waals surface area (Å²) in [6.45, 7) is 1.82. The summed E-state index contributed by atoms with van der Waals surface area (Å²) < 4.78 is 0. The molecular formula is C10H9N3O2. The van der Waals surface area contributed by atoms with Gasteiger partial charge in [0.05, 0.1) is 10.5 Å². The highest BCUT2D eigenvalue weighted by Crippen LogP contribution is 2.29. The second kappa shape index (κ2) is 3.53. The molecule has 2 rings (SSSR count). The predicted molar refractivity (Wildman–Crippen MR) is 55.4 cm³/mol. The van der Waals surface area contributed by atoms with Crippen molar-refractivity contribution in [1.82, 2.24) is 9.97 Å². The average Bonchev–Trinajstić information content (AvgIpc) is 2.70. The average molecular weight is 203 g/mol. The van der Waals surface area contributed by atoms with Crippen molar-refractivity contribution in [2.24, 2.45) is 0 Å². The summed E-state index contributed by atoms with van der Waals surface area (Å²) in [5.41, 5.74) is 1.46. The van der Waals surface area contributed by atoms with Gasteiger partial charge in [-0.05, 0) is 12.5 Å². The third-order valence-electron chi connectivity index (χ3n) is 2.18. The van der Waals surface area contributed by atoms with Crippen molar-refractivity contribution < 1.29 is 4.92 Å². The van der Waals surface area contributed by atoms with E-state index in [0.29, 0.717) is 11.4 Å². The minimum absolute atomic E-state index is 0.0740. The van der Waals surface area contributed by atoms with Crippen LogP contribution in [0.1, 0.15) is 5.56 Å². The smallest absolute Gasteiger partial charge is 0.280 e. The summed E-state index contributed by atoms with van der Waals surface area (Å²) in [7, 11) is 0. The van der Waals surface area contributed by atoms with Gasteiger partial charge in [-0.3, -0.25) is 10.1 Å². The van der Waals surface area contributed by atoms with E-state index in [1.54, 1.807) is 18.5 Å². The SMILES string of the molecule is Cc1cccc([N+](=O)[O-])c1-c1ncc[nH]1. The molecule has 0 unspecified atom stereocenters. The van der Waals surface area contributed by atoms with Gasteiger partial charge in [0.15, 0.2) is 0 Å². The molecule has 0 fully saturated rings. The number of H-pyrrole nitrogens is 1. The van der Waals surface area contributed by atoms with Crippen LogP contribution < -0.4 is 0 Å². The van der Waals surface area contributed by atoms with Gasteiger partial charge in [0.1, 0.15) is 5.82 Å². The minimum atomic E-state index is -0.398. The van der Waals surface area contributed by atoms with Crippen molar-refractivity contribution in [3.63, 3.8) is 0 Å². The van der Waals surface area contributed by atoms with Crippen molar-refractivity contribution in [3.05, 3.63) is 46.3 Å². The highest BCUT2D eigenvalue weighted by atomic mass is 16.6. The number of aryl methyl sites for hydroxylation is 1. The van der Waals surface area contributed by atoms with Crippen molar-refractivity contribution >= 4 is 5.69 Å². The zero-order valence-electron chi connectivity index (χ0n) is 8.10. The lowest BCUT2D eigenvalue weighted by atomic mass is 10.1. The molecule has 5 nitrogen and oxygen atoms in total.